The van der Waals surface area contributed by atoms with Crippen molar-refractivity contribution in [1.29, 1.82) is 0 Å². The molecule has 0 aromatic rings. The van der Waals surface area contributed by atoms with E-state index in [0.717, 1.165) is 70.6 Å². The number of aliphatic hydroxyl groups excluding tert-OH is 5. The summed E-state index contributed by atoms with van der Waals surface area (Å²) in [7, 11) is -5.01. The van der Waals surface area contributed by atoms with Crippen molar-refractivity contribution in [1.82, 2.24) is 0 Å². The van der Waals surface area contributed by atoms with Gasteiger partial charge in [-0.25, -0.2) is 4.57 Å². The van der Waals surface area contributed by atoms with Gasteiger partial charge in [-0.2, -0.15) is 0 Å². The van der Waals surface area contributed by atoms with E-state index in [1.165, 1.54) is 25.7 Å². The SMILES string of the molecule is CC/C=C\C/C=C\C/C=C\CCCCCCOCC(COP(=O)(O)OC1C(O)C(O)C(O)C(O)C1O)OC(=O)CCCCCCCCCC. The first-order chi connectivity index (χ1) is 23.5. The Bertz CT molecular complexity index is 958. The van der Waals surface area contributed by atoms with Crippen LogP contribution in [0.1, 0.15) is 123 Å². The first kappa shape index (κ1) is 45.6. The van der Waals surface area contributed by atoms with Crippen LogP contribution in [0, 0.1) is 0 Å². The third-order valence-corrected chi connectivity index (χ3v) is 9.26. The van der Waals surface area contributed by atoms with Gasteiger partial charge in [0.2, 0.25) is 0 Å². The van der Waals surface area contributed by atoms with Gasteiger partial charge in [-0.05, 0) is 44.9 Å². The molecule has 1 fully saturated rings. The van der Waals surface area contributed by atoms with Gasteiger partial charge < -0.3 is 39.9 Å². The van der Waals surface area contributed by atoms with Crippen molar-refractivity contribution in [3.63, 3.8) is 0 Å². The molecule has 6 unspecified atom stereocenters. The number of unbranched alkanes of at least 4 members (excludes halogenated alkanes) is 11. The van der Waals surface area contributed by atoms with E-state index >= 15 is 0 Å². The molecule has 49 heavy (non-hydrogen) atoms. The topological polar surface area (TPSA) is 192 Å². The van der Waals surface area contributed by atoms with Crippen molar-refractivity contribution in [3.8, 4) is 0 Å². The minimum absolute atomic E-state index is 0.0913. The molecule has 0 aliphatic heterocycles. The fourth-order valence-electron chi connectivity index (χ4n) is 5.31. The van der Waals surface area contributed by atoms with Gasteiger partial charge in [0, 0.05) is 13.0 Å². The number of hydrogen-bond donors (Lipinski definition) is 6. The number of esters is 1. The Balaban J connectivity index is 2.50. The molecule has 12 nitrogen and oxygen atoms in total. The van der Waals surface area contributed by atoms with E-state index in [1.807, 2.05) is 0 Å². The van der Waals surface area contributed by atoms with Crippen LogP contribution < -0.4 is 0 Å². The lowest BCUT2D eigenvalue weighted by molar-refractivity contribution is -0.220. The van der Waals surface area contributed by atoms with Gasteiger partial charge in [-0.15, -0.1) is 0 Å². The standard InChI is InChI=1S/C36H65O12P/c1-3-5-7-9-11-13-14-15-16-17-18-20-22-24-26-45-27-29(47-30(37)25-23-21-19-12-10-8-6-4-2)28-46-49(43,44)48-36-34(41)32(39)31(38)33(40)35(36)42/h5,7,11,13,15-16,29,31-36,38-42H,3-4,6,8-10,12,14,17-28H2,1-2H3,(H,43,44)/b7-5-,13-11-,16-15-. The van der Waals surface area contributed by atoms with E-state index in [-0.39, 0.29) is 13.0 Å². The maximum atomic E-state index is 12.7. The normalized spacial score (nSPS) is 25.0. The van der Waals surface area contributed by atoms with Crippen LogP contribution in [0.2, 0.25) is 0 Å². The van der Waals surface area contributed by atoms with Gasteiger partial charge in [0.1, 0.15) is 42.7 Å². The number of phosphoric acid groups is 1. The molecular formula is C36H65O12P. The number of carbonyl (C=O) groups excluding carboxylic acids is 1. The van der Waals surface area contributed by atoms with Crippen LogP contribution in [0.4, 0.5) is 0 Å². The van der Waals surface area contributed by atoms with Crippen LogP contribution in [0.25, 0.3) is 0 Å². The Hall–Kier alpha value is -1.44. The first-order valence-electron chi connectivity index (χ1n) is 18.3. The van der Waals surface area contributed by atoms with Crippen LogP contribution >= 0.6 is 7.82 Å². The van der Waals surface area contributed by atoms with Gasteiger partial charge >= 0.3 is 13.8 Å². The van der Waals surface area contributed by atoms with E-state index in [9.17, 15) is 39.8 Å². The van der Waals surface area contributed by atoms with Crippen molar-refractivity contribution in [2.75, 3.05) is 19.8 Å². The highest BCUT2D eigenvalue weighted by molar-refractivity contribution is 7.47. The molecule has 0 radical (unpaired) electrons. The molecule has 0 heterocycles. The van der Waals surface area contributed by atoms with Gasteiger partial charge in [0.05, 0.1) is 13.2 Å². The Morgan fingerprint density at radius 1 is 0.673 bits per heavy atom. The van der Waals surface area contributed by atoms with Crippen LogP contribution in [0.3, 0.4) is 0 Å². The lowest BCUT2D eigenvalue weighted by atomic mass is 9.85. The van der Waals surface area contributed by atoms with Crippen molar-refractivity contribution in [2.45, 2.75) is 166 Å². The van der Waals surface area contributed by atoms with E-state index < -0.39 is 63.1 Å². The summed E-state index contributed by atoms with van der Waals surface area (Å²) in [4.78, 5) is 22.9. The van der Waals surface area contributed by atoms with Crippen molar-refractivity contribution in [2.24, 2.45) is 0 Å². The van der Waals surface area contributed by atoms with E-state index in [2.05, 4.69) is 50.3 Å². The van der Waals surface area contributed by atoms with E-state index in [0.29, 0.717) is 13.0 Å². The fourth-order valence-corrected chi connectivity index (χ4v) is 6.28. The van der Waals surface area contributed by atoms with E-state index in [4.69, 9.17) is 18.5 Å². The van der Waals surface area contributed by atoms with Crippen LogP contribution in [-0.4, -0.2) is 98.9 Å². The number of allylic oxidation sites excluding steroid dienone is 6. The minimum Gasteiger partial charge on any atom is -0.457 e. The molecule has 286 valence electrons. The van der Waals surface area contributed by atoms with Crippen LogP contribution in [0.5, 0.6) is 0 Å². The summed E-state index contributed by atoms with van der Waals surface area (Å²) in [6.45, 7) is 4.01. The molecule has 0 amide bonds. The molecule has 13 heteroatoms. The number of carbonyl (C=O) groups is 1. The second kappa shape index (κ2) is 28.2. The molecule has 1 saturated carbocycles. The van der Waals surface area contributed by atoms with Crippen molar-refractivity contribution in [3.05, 3.63) is 36.5 Å². The molecule has 6 atom stereocenters. The zero-order valence-corrected chi connectivity index (χ0v) is 30.6. The zero-order valence-electron chi connectivity index (χ0n) is 29.7. The van der Waals surface area contributed by atoms with Crippen molar-refractivity contribution < 1.29 is 58.3 Å². The molecule has 0 aromatic heterocycles. The first-order valence-corrected chi connectivity index (χ1v) is 19.8. The lowest BCUT2D eigenvalue weighted by Gasteiger charge is -2.41. The maximum absolute atomic E-state index is 12.7. The van der Waals surface area contributed by atoms with Crippen LogP contribution in [-0.2, 0) is 27.9 Å². The van der Waals surface area contributed by atoms with Crippen LogP contribution in [0.15, 0.2) is 36.5 Å². The molecule has 0 aromatic carbocycles. The minimum atomic E-state index is -5.01. The highest BCUT2D eigenvalue weighted by atomic mass is 31.2. The number of ether oxygens (including phenoxy) is 2. The fraction of sp³-hybridized carbons (Fsp3) is 0.806. The zero-order chi connectivity index (χ0) is 36.3. The van der Waals surface area contributed by atoms with E-state index in [1.54, 1.807) is 0 Å². The molecule has 1 aliphatic rings. The van der Waals surface area contributed by atoms with Gasteiger partial charge in [-0.3, -0.25) is 13.8 Å². The summed E-state index contributed by atoms with van der Waals surface area (Å²) < 4.78 is 33.8. The molecule has 0 spiro atoms. The predicted octanol–water partition coefficient (Wildman–Crippen LogP) is 5.58. The molecule has 1 aliphatic carbocycles. The summed E-state index contributed by atoms with van der Waals surface area (Å²) >= 11 is 0. The highest BCUT2D eigenvalue weighted by Gasteiger charge is 2.51. The monoisotopic (exact) mass is 720 g/mol. The number of aliphatic hydroxyl groups is 5. The summed E-state index contributed by atoms with van der Waals surface area (Å²) in [5.41, 5.74) is 0. The molecule has 0 bridgehead atoms. The summed E-state index contributed by atoms with van der Waals surface area (Å²) in [6.07, 6.45) is 16.8. The summed E-state index contributed by atoms with van der Waals surface area (Å²) in [5, 5.41) is 49.8. The summed E-state index contributed by atoms with van der Waals surface area (Å²) in [5.74, 6) is -0.493. The average Bonchev–Trinajstić information content (AvgIpc) is 3.08. The Labute approximate surface area is 293 Å². The number of rotatable bonds is 29. The number of hydrogen-bond acceptors (Lipinski definition) is 11. The molecule has 0 saturated heterocycles. The quantitative estimate of drug-likeness (QED) is 0.0244. The summed E-state index contributed by atoms with van der Waals surface area (Å²) in [6, 6.07) is 0. The average molecular weight is 721 g/mol. The van der Waals surface area contributed by atoms with Gasteiger partial charge in [-0.1, -0.05) is 108 Å². The molecule has 6 N–H and O–H groups in total. The molecular weight excluding hydrogens is 655 g/mol. The highest BCUT2D eigenvalue weighted by Crippen LogP contribution is 2.47. The molecule has 1 rings (SSSR count). The third-order valence-electron chi connectivity index (χ3n) is 8.28. The second-order valence-corrected chi connectivity index (χ2v) is 14.1. The van der Waals surface area contributed by atoms with Crippen molar-refractivity contribution >= 4 is 13.8 Å². The maximum Gasteiger partial charge on any atom is 0.472 e. The Kier molecular flexibility index (Phi) is 26.2. The lowest BCUT2D eigenvalue weighted by Crippen LogP contribution is -2.64. The second-order valence-electron chi connectivity index (χ2n) is 12.7. The largest absolute Gasteiger partial charge is 0.472 e. The smallest absolute Gasteiger partial charge is 0.457 e. The number of phosphoric ester groups is 1. The predicted molar refractivity (Wildman–Crippen MR) is 189 cm³/mol. The Morgan fingerprint density at radius 2 is 1.20 bits per heavy atom. The Morgan fingerprint density at radius 3 is 1.84 bits per heavy atom. The van der Waals surface area contributed by atoms with Gasteiger partial charge in [0.25, 0.3) is 0 Å². The van der Waals surface area contributed by atoms with Gasteiger partial charge in [0.15, 0.2) is 0 Å². The third kappa shape index (κ3) is 21.5.